The largest absolute Gasteiger partial charge is 0.477 e. The van der Waals surface area contributed by atoms with Gasteiger partial charge in [0.05, 0.1) is 4.90 Å². The molecule has 0 fully saturated rings. The van der Waals surface area contributed by atoms with Gasteiger partial charge < -0.3 is 10.2 Å². The van der Waals surface area contributed by atoms with Gasteiger partial charge in [0.2, 0.25) is 0 Å². The molecule has 0 saturated carbocycles. The van der Waals surface area contributed by atoms with Crippen LogP contribution in [0.4, 0.5) is 0 Å². The van der Waals surface area contributed by atoms with Crippen LogP contribution in [0, 0.1) is 0 Å². The summed E-state index contributed by atoms with van der Waals surface area (Å²) in [6.07, 6.45) is 1.78. The Hall–Kier alpha value is -2.15. The Morgan fingerprint density at radius 2 is 1.61 bits per heavy atom. The normalized spacial score (nSPS) is 10.7. The topological polar surface area (TPSA) is 109 Å². The van der Waals surface area contributed by atoms with E-state index in [9.17, 15) is 18.0 Å². The summed E-state index contributed by atoms with van der Waals surface area (Å²) in [5, 5.41) is 17.4. The summed E-state index contributed by atoms with van der Waals surface area (Å²) in [7, 11) is -3.56. The predicted molar refractivity (Wildman–Crippen MR) is 62.8 cm³/mol. The van der Waals surface area contributed by atoms with Gasteiger partial charge in [-0.1, -0.05) is 18.2 Å². The number of aliphatic carboxylic acids is 2. The average Bonchev–Trinajstić information content (AvgIpc) is 2.24. The van der Waals surface area contributed by atoms with Crippen molar-refractivity contribution in [2.24, 2.45) is 0 Å². The Labute approximate surface area is 103 Å². The third kappa shape index (κ3) is 3.17. The van der Waals surface area contributed by atoms with Gasteiger partial charge in [0.1, 0.15) is 5.57 Å². The molecule has 0 heterocycles. The van der Waals surface area contributed by atoms with Crippen molar-refractivity contribution < 1.29 is 28.2 Å². The Bertz CT molecular complexity index is 611. The fourth-order valence-corrected chi connectivity index (χ4v) is 2.19. The van der Waals surface area contributed by atoms with Crippen molar-refractivity contribution in [2.45, 2.75) is 4.90 Å². The van der Waals surface area contributed by atoms with Crippen LogP contribution >= 0.6 is 0 Å². The first-order valence-electron chi connectivity index (χ1n) is 4.71. The first-order chi connectivity index (χ1) is 8.23. The maximum atomic E-state index is 11.5. The van der Waals surface area contributed by atoms with Crippen LogP contribution in [-0.4, -0.2) is 36.8 Å². The Balaban J connectivity index is 3.48. The minimum absolute atomic E-state index is 0.0276. The molecule has 0 aromatic heterocycles. The second-order valence-electron chi connectivity index (χ2n) is 3.48. The van der Waals surface area contributed by atoms with Crippen molar-refractivity contribution in [1.82, 2.24) is 0 Å². The highest BCUT2D eigenvalue weighted by atomic mass is 32.2. The Morgan fingerprint density at radius 3 is 2.06 bits per heavy atom. The van der Waals surface area contributed by atoms with Gasteiger partial charge in [-0.05, 0) is 17.7 Å². The number of hydrogen-bond acceptors (Lipinski definition) is 4. The van der Waals surface area contributed by atoms with E-state index < -0.39 is 27.3 Å². The molecule has 0 amide bonds. The van der Waals surface area contributed by atoms with E-state index in [-0.39, 0.29) is 10.5 Å². The van der Waals surface area contributed by atoms with Gasteiger partial charge in [-0.25, -0.2) is 18.0 Å². The van der Waals surface area contributed by atoms with Gasteiger partial charge in [-0.15, -0.1) is 0 Å². The van der Waals surface area contributed by atoms with Gasteiger partial charge >= 0.3 is 11.9 Å². The standard InChI is InChI=1S/C11H10O6S/c1-18(16,17)9-5-3-2-4-7(9)6-8(10(12)13)11(14)15/h2-6H,1H3,(H,12,13)(H,14,15). The summed E-state index contributed by atoms with van der Waals surface area (Å²) in [5.74, 6) is -3.27. The van der Waals surface area contributed by atoms with Crippen LogP contribution in [0.3, 0.4) is 0 Å². The highest BCUT2D eigenvalue weighted by Crippen LogP contribution is 2.18. The molecular formula is C11H10O6S. The molecule has 2 N–H and O–H groups in total. The molecule has 0 unspecified atom stereocenters. The smallest absolute Gasteiger partial charge is 0.343 e. The monoisotopic (exact) mass is 270 g/mol. The minimum Gasteiger partial charge on any atom is -0.477 e. The Morgan fingerprint density at radius 1 is 1.11 bits per heavy atom. The van der Waals surface area contributed by atoms with Crippen LogP contribution in [0.2, 0.25) is 0 Å². The van der Waals surface area contributed by atoms with E-state index in [0.29, 0.717) is 0 Å². The maximum absolute atomic E-state index is 11.5. The number of hydrogen-bond donors (Lipinski definition) is 2. The van der Waals surface area contributed by atoms with Gasteiger partial charge in [0, 0.05) is 6.26 Å². The lowest BCUT2D eigenvalue weighted by Crippen LogP contribution is -2.11. The number of benzene rings is 1. The quantitative estimate of drug-likeness (QED) is 0.472. The van der Waals surface area contributed by atoms with E-state index >= 15 is 0 Å². The Kier molecular flexibility index (Phi) is 3.87. The van der Waals surface area contributed by atoms with Crippen molar-refractivity contribution >= 4 is 27.9 Å². The molecule has 0 aliphatic rings. The van der Waals surface area contributed by atoms with Crippen LogP contribution in [0.1, 0.15) is 5.56 Å². The zero-order chi connectivity index (χ0) is 13.9. The number of carboxylic acid groups (broad SMARTS) is 2. The third-order valence-electron chi connectivity index (χ3n) is 2.08. The molecule has 1 rings (SSSR count). The molecule has 0 spiro atoms. The van der Waals surface area contributed by atoms with Gasteiger partial charge in [-0.2, -0.15) is 0 Å². The highest BCUT2D eigenvalue weighted by Gasteiger charge is 2.18. The molecule has 1 aromatic carbocycles. The zero-order valence-electron chi connectivity index (χ0n) is 9.32. The van der Waals surface area contributed by atoms with Crippen molar-refractivity contribution in [3.63, 3.8) is 0 Å². The summed E-state index contributed by atoms with van der Waals surface area (Å²) in [4.78, 5) is 21.3. The number of carbonyl (C=O) groups is 2. The summed E-state index contributed by atoms with van der Waals surface area (Å²) < 4.78 is 22.9. The summed E-state index contributed by atoms with van der Waals surface area (Å²) in [5.41, 5.74) is -0.870. The molecule has 96 valence electrons. The van der Waals surface area contributed by atoms with Crippen LogP contribution in [0.5, 0.6) is 0 Å². The van der Waals surface area contributed by atoms with Crippen LogP contribution in [-0.2, 0) is 19.4 Å². The minimum atomic E-state index is -3.56. The summed E-state index contributed by atoms with van der Waals surface area (Å²) >= 11 is 0. The summed E-state index contributed by atoms with van der Waals surface area (Å²) in [6.45, 7) is 0. The molecule has 7 heteroatoms. The van der Waals surface area contributed by atoms with Crippen LogP contribution < -0.4 is 0 Å². The van der Waals surface area contributed by atoms with E-state index in [4.69, 9.17) is 10.2 Å². The van der Waals surface area contributed by atoms with Crippen LogP contribution in [0.15, 0.2) is 34.7 Å². The molecule has 0 aliphatic carbocycles. The third-order valence-corrected chi connectivity index (χ3v) is 3.25. The number of rotatable bonds is 4. The lowest BCUT2D eigenvalue weighted by atomic mass is 10.1. The second kappa shape index (κ2) is 5.01. The van der Waals surface area contributed by atoms with Crippen LogP contribution in [0.25, 0.3) is 6.08 Å². The van der Waals surface area contributed by atoms with Gasteiger partial charge in [0.25, 0.3) is 0 Å². The lowest BCUT2D eigenvalue weighted by Gasteiger charge is -2.04. The second-order valence-corrected chi connectivity index (χ2v) is 5.46. The molecule has 0 atom stereocenters. The lowest BCUT2D eigenvalue weighted by molar-refractivity contribution is -0.140. The summed E-state index contributed by atoms with van der Waals surface area (Å²) in [6, 6.07) is 5.57. The highest BCUT2D eigenvalue weighted by molar-refractivity contribution is 7.90. The van der Waals surface area contributed by atoms with Gasteiger partial charge in [-0.3, -0.25) is 0 Å². The van der Waals surface area contributed by atoms with E-state index in [1.807, 2.05) is 0 Å². The van der Waals surface area contributed by atoms with E-state index in [1.165, 1.54) is 24.3 Å². The molecule has 0 bridgehead atoms. The molecular weight excluding hydrogens is 260 g/mol. The fourth-order valence-electron chi connectivity index (χ4n) is 1.31. The molecule has 0 radical (unpaired) electrons. The number of sulfone groups is 1. The molecule has 0 saturated heterocycles. The van der Waals surface area contributed by atoms with E-state index in [1.54, 1.807) is 0 Å². The van der Waals surface area contributed by atoms with Crippen molar-refractivity contribution in [1.29, 1.82) is 0 Å². The molecule has 1 aromatic rings. The molecule has 0 aliphatic heterocycles. The predicted octanol–water partition coefficient (Wildman–Crippen LogP) is 0.643. The SMILES string of the molecule is CS(=O)(=O)c1ccccc1C=C(C(=O)O)C(=O)O. The van der Waals surface area contributed by atoms with Gasteiger partial charge in [0.15, 0.2) is 9.84 Å². The fraction of sp³-hybridized carbons (Fsp3) is 0.0909. The van der Waals surface area contributed by atoms with Crippen molar-refractivity contribution in [3.05, 3.63) is 35.4 Å². The van der Waals surface area contributed by atoms with E-state index in [2.05, 4.69) is 0 Å². The van der Waals surface area contributed by atoms with Crippen molar-refractivity contribution in [2.75, 3.05) is 6.26 Å². The first kappa shape index (κ1) is 13.9. The number of carboxylic acids is 2. The zero-order valence-corrected chi connectivity index (χ0v) is 10.1. The van der Waals surface area contributed by atoms with E-state index in [0.717, 1.165) is 12.3 Å². The maximum Gasteiger partial charge on any atom is 0.343 e. The molecule has 18 heavy (non-hydrogen) atoms. The molecule has 6 nitrogen and oxygen atoms in total. The van der Waals surface area contributed by atoms with Crippen molar-refractivity contribution in [3.8, 4) is 0 Å². The average molecular weight is 270 g/mol. The first-order valence-corrected chi connectivity index (χ1v) is 6.60.